The molecule has 3 aromatic carbocycles. The summed E-state index contributed by atoms with van der Waals surface area (Å²) in [6, 6.07) is 21.8. The monoisotopic (exact) mass is 392 g/mol. The fraction of sp³-hybridized carbons (Fsp3) is 0.0455. The third kappa shape index (κ3) is 3.30. The zero-order valence-electron chi connectivity index (χ0n) is 15.0. The van der Waals surface area contributed by atoms with Gasteiger partial charge in [-0.3, -0.25) is 0 Å². The summed E-state index contributed by atoms with van der Waals surface area (Å²) in [6.45, 7) is 1.84. The lowest BCUT2D eigenvalue weighted by Crippen LogP contribution is -2.10. The number of aryl methyl sites for hydroxylation is 1. The second-order valence-corrected chi connectivity index (χ2v) is 7.81. The van der Waals surface area contributed by atoms with Crippen LogP contribution in [0, 0.1) is 6.92 Å². The van der Waals surface area contributed by atoms with Crippen molar-refractivity contribution in [3.63, 3.8) is 0 Å². The van der Waals surface area contributed by atoms with E-state index in [2.05, 4.69) is 0 Å². The van der Waals surface area contributed by atoms with Crippen LogP contribution in [0.4, 0.5) is 0 Å². The van der Waals surface area contributed by atoms with Crippen molar-refractivity contribution in [2.45, 2.75) is 11.8 Å². The van der Waals surface area contributed by atoms with Gasteiger partial charge < -0.3 is 8.60 Å². The van der Waals surface area contributed by atoms with Crippen LogP contribution in [-0.4, -0.2) is 8.42 Å². The van der Waals surface area contributed by atoms with Crippen molar-refractivity contribution in [3.8, 4) is 16.9 Å². The molecule has 4 rings (SSSR count). The highest BCUT2D eigenvalue weighted by molar-refractivity contribution is 7.87. The quantitative estimate of drug-likeness (QED) is 0.377. The number of hydrogen-bond acceptors (Lipinski definition) is 5. The Morgan fingerprint density at radius 1 is 0.857 bits per heavy atom. The molecule has 0 saturated heterocycles. The van der Waals surface area contributed by atoms with Crippen molar-refractivity contribution in [2.75, 3.05) is 0 Å². The van der Waals surface area contributed by atoms with Gasteiger partial charge in [0.15, 0.2) is 0 Å². The molecule has 0 radical (unpaired) electrons. The highest BCUT2D eigenvalue weighted by Crippen LogP contribution is 2.29. The molecule has 1 aromatic heterocycles. The van der Waals surface area contributed by atoms with Crippen LogP contribution in [0.15, 0.2) is 93.0 Å². The van der Waals surface area contributed by atoms with Gasteiger partial charge in [0.2, 0.25) is 0 Å². The lowest BCUT2D eigenvalue weighted by Gasteiger charge is -2.10. The van der Waals surface area contributed by atoms with Gasteiger partial charge in [-0.25, -0.2) is 4.79 Å². The van der Waals surface area contributed by atoms with Crippen molar-refractivity contribution in [2.24, 2.45) is 0 Å². The van der Waals surface area contributed by atoms with Gasteiger partial charge in [0.25, 0.3) is 0 Å². The second-order valence-electron chi connectivity index (χ2n) is 6.26. The Hall–Kier alpha value is -3.38. The minimum atomic E-state index is -3.97. The van der Waals surface area contributed by atoms with Crippen LogP contribution in [0.1, 0.15) is 5.56 Å². The van der Waals surface area contributed by atoms with Gasteiger partial charge >= 0.3 is 15.7 Å². The van der Waals surface area contributed by atoms with E-state index >= 15 is 0 Å². The third-order valence-electron chi connectivity index (χ3n) is 4.44. The Balaban J connectivity index is 1.78. The van der Waals surface area contributed by atoms with Crippen LogP contribution in [0.3, 0.4) is 0 Å². The summed E-state index contributed by atoms with van der Waals surface area (Å²) >= 11 is 0. The average Bonchev–Trinajstić information content (AvgIpc) is 2.69. The molecule has 0 aliphatic heterocycles. The Morgan fingerprint density at radius 3 is 2.18 bits per heavy atom. The molecule has 0 unspecified atom stereocenters. The maximum atomic E-state index is 12.5. The number of rotatable bonds is 4. The van der Waals surface area contributed by atoms with Crippen LogP contribution in [0.25, 0.3) is 22.1 Å². The van der Waals surface area contributed by atoms with E-state index in [4.69, 9.17) is 8.60 Å². The smallest absolute Gasteiger partial charge is 0.344 e. The molecule has 6 heteroatoms. The Labute approximate surface area is 162 Å². The molecule has 0 N–H and O–H groups in total. The summed E-state index contributed by atoms with van der Waals surface area (Å²) in [4.78, 5) is 12.6. The van der Waals surface area contributed by atoms with Gasteiger partial charge in [0.1, 0.15) is 16.2 Å². The fourth-order valence-electron chi connectivity index (χ4n) is 3.09. The Kier molecular flexibility index (Phi) is 4.49. The van der Waals surface area contributed by atoms with Crippen LogP contribution in [0.5, 0.6) is 5.75 Å². The van der Waals surface area contributed by atoms with Gasteiger partial charge in [-0.15, -0.1) is 0 Å². The minimum absolute atomic E-state index is 0.0483. The summed E-state index contributed by atoms with van der Waals surface area (Å²) in [5.74, 6) is 0.0753. The van der Waals surface area contributed by atoms with Gasteiger partial charge in [-0.2, -0.15) is 8.42 Å². The predicted molar refractivity (Wildman–Crippen MR) is 107 cm³/mol. The molecule has 0 spiro atoms. The first-order valence-corrected chi connectivity index (χ1v) is 9.99. The average molecular weight is 392 g/mol. The van der Waals surface area contributed by atoms with Gasteiger partial charge in [0.05, 0.1) is 5.56 Å². The summed E-state index contributed by atoms with van der Waals surface area (Å²) < 4.78 is 35.5. The van der Waals surface area contributed by atoms with E-state index in [0.29, 0.717) is 10.9 Å². The molecular weight excluding hydrogens is 376 g/mol. The lowest BCUT2D eigenvalue weighted by atomic mass is 10.00. The Bertz CT molecular complexity index is 1310. The molecular formula is C22H16O5S. The summed E-state index contributed by atoms with van der Waals surface area (Å²) in [6.07, 6.45) is 0. The maximum absolute atomic E-state index is 12.5. The highest BCUT2D eigenvalue weighted by atomic mass is 32.2. The van der Waals surface area contributed by atoms with Crippen molar-refractivity contribution in [1.82, 2.24) is 0 Å². The van der Waals surface area contributed by atoms with E-state index in [-0.39, 0.29) is 16.2 Å². The summed E-state index contributed by atoms with van der Waals surface area (Å²) in [5.41, 5.74) is 1.79. The van der Waals surface area contributed by atoms with Crippen molar-refractivity contribution < 1.29 is 17.0 Å². The Morgan fingerprint density at radius 2 is 1.50 bits per heavy atom. The van der Waals surface area contributed by atoms with Crippen molar-refractivity contribution >= 4 is 21.1 Å². The topological polar surface area (TPSA) is 73.6 Å². The second kappa shape index (κ2) is 6.98. The van der Waals surface area contributed by atoms with Crippen molar-refractivity contribution in [3.05, 3.63) is 94.8 Å². The van der Waals surface area contributed by atoms with Crippen LogP contribution >= 0.6 is 0 Å². The molecule has 0 bridgehead atoms. The molecule has 1 heterocycles. The molecule has 4 aromatic rings. The van der Waals surface area contributed by atoms with Gasteiger partial charge in [-0.1, -0.05) is 48.5 Å². The normalized spacial score (nSPS) is 11.5. The highest BCUT2D eigenvalue weighted by Gasteiger charge is 2.18. The number of fused-ring (bicyclic) bond motifs is 1. The minimum Gasteiger partial charge on any atom is -0.422 e. The number of benzene rings is 3. The predicted octanol–water partition coefficient (Wildman–Crippen LogP) is 4.54. The summed E-state index contributed by atoms with van der Waals surface area (Å²) in [7, 11) is -3.97. The SMILES string of the molecule is Cc1c(-c2ccccc2)c(=O)oc2cc(OS(=O)(=O)c3ccccc3)ccc12. The number of hydrogen-bond donors (Lipinski definition) is 0. The zero-order chi connectivity index (χ0) is 19.7. The van der Waals surface area contributed by atoms with E-state index in [0.717, 1.165) is 11.1 Å². The molecule has 0 aliphatic rings. The zero-order valence-corrected chi connectivity index (χ0v) is 15.8. The van der Waals surface area contributed by atoms with E-state index in [1.165, 1.54) is 18.2 Å². The van der Waals surface area contributed by atoms with E-state index in [1.54, 1.807) is 30.3 Å². The van der Waals surface area contributed by atoms with E-state index in [1.807, 2.05) is 37.3 Å². The lowest BCUT2D eigenvalue weighted by molar-refractivity contribution is 0.485. The molecule has 0 atom stereocenters. The molecule has 0 saturated carbocycles. The maximum Gasteiger partial charge on any atom is 0.344 e. The molecule has 5 nitrogen and oxygen atoms in total. The van der Waals surface area contributed by atoms with Crippen molar-refractivity contribution in [1.29, 1.82) is 0 Å². The van der Waals surface area contributed by atoms with Gasteiger partial charge in [0, 0.05) is 11.5 Å². The molecule has 140 valence electrons. The standard InChI is InChI=1S/C22H16O5S/c1-15-19-13-12-17(27-28(24,25)18-10-6-3-7-11-18)14-20(19)26-22(23)21(15)16-8-4-2-5-9-16/h2-14H,1H3. The first kappa shape index (κ1) is 18.0. The van der Waals surface area contributed by atoms with E-state index in [9.17, 15) is 13.2 Å². The molecule has 0 amide bonds. The summed E-state index contributed by atoms with van der Waals surface area (Å²) in [5, 5.41) is 0.711. The molecule has 0 fully saturated rings. The van der Waals surface area contributed by atoms with E-state index < -0.39 is 15.7 Å². The van der Waals surface area contributed by atoms with Gasteiger partial charge in [-0.05, 0) is 42.3 Å². The molecule has 28 heavy (non-hydrogen) atoms. The third-order valence-corrected chi connectivity index (χ3v) is 5.70. The first-order chi connectivity index (χ1) is 13.5. The first-order valence-electron chi connectivity index (χ1n) is 8.58. The van der Waals surface area contributed by atoms with Crippen LogP contribution < -0.4 is 9.81 Å². The van der Waals surface area contributed by atoms with Crippen LogP contribution in [-0.2, 0) is 10.1 Å². The van der Waals surface area contributed by atoms with Crippen LogP contribution in [0.2, 0.25) is 0 Å². The largest absolute Gasteiger partial charge is 0.422 e. The molecule has 0 aliphatic carbocycles. The fourth-order valence-corrected chi connectivity index (χ4v) is 4.03.